The standard InChI is InChI=1S/C48H82O6/c1-4-7-10-13-15-17-19-21-22-23-24-25-26-27-29-30-32-35-38-41-47(50)53-44-45(43-52-46(49)40-37-34-12-9-6-3)54-48(51)42-39-36-33-31-28-20-18-16-14-11-8-5-2/h7,10,15,17,21-22,24-25,27,29,45H,4-6,8-9,11-14,16,18-20,23,26,28,30-44H2,1-3H3/b10-7-,17-15-,22-21-,25-24-,29-27-. The van der Waals surface area contributed by atoms with Crippen molar-refractivity contribution in [2.75, 3.05) is 13.2 Å². The van der Waals surface area contributed by atoms with Gasteiger partial charge in [0.1, 0.15) is 13.2 Å². The normalized spacial score (nSPS) is 12.6. The van der Waals surface area contributed by atoms with Gasteiger partial charge in [-0.2, -0.15) is 0 Å². The van der Waals surface area contributed by atoms with Gasteiger partial charge in [-0.1, -0.05) is 184 Å². The molecule has 0 N–H and O–H groups in total. The fourth-order valence-electron chi connectivity index (χ4n) is 5.94. The molecule has 6 heteroatoms. The molecule has 1 unspecified atom stereocenters. The second-order valence-corrected chi connectivity index (χ2v) is 14.6. The zero-order chi connectivity index (χ0) is 39.4. The number of unbranched alkanes of at least 4 members (excludes halogenated alkanes) is 18. The maximum absolute atomic E-state index is 12.6. The fourth-order valence-corrected chi connectivity index (χ4v) is 5.94. The molecule has 0 radical (unpaired) electrons. The summed E-state index contributed by atoms with van der Waals surface area (Å²) in [5.41, 5.74) is 0. The van der Waals surface area contributed by atoms with E-state index in [4.69, 9.17) is 14.2 Å². The van der Waals surface area contributed by atoms with Crippen molar-refractivity contribution in [3.8, 4) is 0 Å². The minimum atomic E-state index is -0.779. The Morgan fingerprint density at radius 2 is 0.722 bits per heavy atom. The molecule has 0 amide bonds. The van der Waals surface area contributed by atoms with Crippen molar-refractivity contribution in [3.05, 3.63) is 60.8 Å². The number of carbonyl (C=O) groups is 3. The van der Waals surface area contributed by atoms with E-state index in [1.807, 2.05) is 0 Å². The summed E-state index contributed by atoms with van der Waals surface area (Å²) in [4.78, 5) is 37.4. The SMILES string of the molecule is CC/C=C\C/C=C\C/C=C\C/C=C\C/C=C\CCCCCC(=O)OCC(COC(=O)CCCCCCC)OC(=O)CCCCCCCCCCCCCC. The maximum Gasteiger partial charge on any atom is 0.306 e. The molecule has 0 aliphatic rings. The summed E-state index contributed by atoms with van der Waals surface area (Å²) >= 11 is 0. The predicted octanol–water partition coefficient (Wildman–Crippen LogP) is 14.1. The molecule has 310 valence electrons. The highest BCUT2D eigenvalue weighted by molar-refractivity contribution is 5.71. The first-order valence-corrected chi connectivity index (χ1v) is 22.3. The number of rotatable bonds is 39. The lowest BCUT2D eigenvalue weighted by molar-refractivity contribution is -0.167. The van der Waals surface area contributed by atoms with Gasteiger partial charge >= 0.3 is 17.9 Å². The zero-order valence-electron chi connectivity index (χ0n) is 35.2. The van der Waals surface area contributed by atoms with Gasteiger partial charge < -0.3 is 14.2 Å². The second-order valence-electron chi connectivity index (χ2n) is 14.6. The number of esters is 3. The van der Waals surface area contributed by atoms with Crippen LogP contribution in [0.15, 0.2) is 60.8 Å². The Kier molecular flexibility index (Phi) is 40.6. The van der Waals surface area contributed by atoms with Crippen LogP contribution in [0.1, 0.15) is 207 Å². The van der Waals surface area contributed by atoms with E-state index in [0.29, 0.717) is 19.3 Å². The van der Waals surface area contributed by atoms with E-state index in [1.165, 1.54) is 64.2 Å². The Labute approximate surface area is 332 Å². The van der Waals surface area contributed by atoms with Crippen molar-refractivity contribution in [1.29, 1.82) is 0 Å². The number of hydrogen-bond donors (Lipinski definition) is 0. The van der Waals surface area contributed by atoms with E-state index in [-0.39, 0.29) is 31.1 Å². The molecule has 54 heavy (non-hydrogen) atoms. The maximum atomic E-state index is 12.6. The highest BCUT2D eigenvalue weighted by atomic mass is 16.6. The lowest BCUT2D eigenvalue weighted by atomic mass is 10.0. The molecule has 0 aromatic heterocycles. The highest BCUT2D eigenvalue weighted by Crippen LogP contribution is 2.14. The molecule has 1 atom stereocenters. The Bertz CT molecular complexity index is 1010. The van der Waals surface area contributed by atoms with Crippen molar-refractivity contribution < 1.29 is 28.6 Å². The Balaban J connectivity index is 4.28. The zero-order valence-corrected chi connectivity index (χ0v) is 35.2. The van der Waals surface area contributed by atoms with Crippen LogP contribution in [0, 0.1) is 0 Å². The van der Waals surface area contributed by atoms with E-state index in [2.05, 4.69) is 81.5 Å². The molecule has 0 aliphatic carbocycles. The third-order valence-corrected chi connectivity index (χ3v) is 9.29. The summed E-state index contributed by atoms with van der Waals surface area (Å²) in [6.45, 7) is 6.39. The first-order valence-electron chi connectivity index (χ1n) is 22.3. The first kappa shape index (κ1) is 51.1. The molecule has 0 aliphatic heterocycles. The van der Waals surface area contributed by atoms with E-state index >= 15 is 0 Å². The summed E-state index contributed by atoms with van der Waals surface area (Å²) in [7, 11) is 0. The van der Waals surface area contributed by atoms with Gasteiger partial charge in [-0.3, -0.25) is 14.4 Å². The average Bonchev–Trinajstić information content (AvgIpc) is 3.17. The number of hydrogen-bond acceptors (Lipinski definition) is 6. The van der Waals surface area contributed by atoms with Crippen LogP contribution in [0.2, 0.25) is 0 Å². The van der Waals surface area contributed by atoms with Crippen molar-refractivity contribution in [3.63, 3.8) is 0 Å². The summed E-state index contributed by atoms with van der Waals surface area (Å²) in [5.74, 6) is -0.935. The average molecular weight is 755 g/mol. The molecule has 6 nitrogen and oxygen atoms in total. The van der Waals surface area contributed by atoms with E-state index in [0.717, 1.165) is 103 Å². The molecular formula is C48H82O6. The van der Waals surface area contributed by atoms with Gasteiger partial charge in [0.2, 0.25) is 0 Å². The third kappa shape index (κ3) is 40.3. The van der Waals surface area contributed by atoms with Crippen LogP contribution in [0.25, 0.3) is 0 Å². The van der Waals surface area contributed by atoms with E-state index in [1.54, 1.807) is 0 Å². The second kappa shape index (κ2) is 42.8. The van der Waals surface area contributed by atoms with E-state index < -0.39 is 6.10 Å². The third-order valence-electron chi connectivity index (χ3n) is 9.29. The van der Waals surface area contributed by atoms with Crippen molar-refractivity contribution >= 4 is 17.9 Å². The largest absolute Gasteiger partial charge is 0.462 e. The van der Waals surface area contributed by atoms with Gasteiger partial charge in [0.05, 0.1) is 0 Å². The van der Waals surface area contributed by atoms with Gasteiger partial charge in [0.25, 0.3) is 0 Å². The summed E-state index contributed by atoms with van der Waals surface area (Å²) in [6.07, 6.45) is 50.9. The van der Waals surface area contributed by atoms with Gasteiger partial charge in [-0.25, -0.2) is 0 Å². The minimum absolute atomic E-state index is 0.0848. The summed E-state index contributed by atoms with van der Waals surface area (Å²) < 4.78 is 16.6. The molecule has 0 heterocycles. The van der Waals surface area contributed by atoms with Gasteiger partial charge in [0, 0.05) is 19.3 Å². The fraction of sp³-hybridized carbons (Fsp3) is 0.729. The molecule has 0 fully saturated rings. The number of ether oxygens (including phenoxy) is 3. The first-order chi connectivity index (χ1) is 26.5. The Hall–Kier alpha value is -2.89. The molecule has 0 saturated heterocycles. The molecule has 0 spiro atoms. The van der Waals surface area contributed by atoms with Crippen molar-refractivity contribution in [1.82, 2.24) is 0 Å². The quantitative estimate of drug-likeness (QED) is 0.0269. The van der Waals surface area contributed by atoms with Crippen LogP contribution in [0.5, 0.6) is 0 Å². The van der Waals surface area contributed by atoms with Gasteiger partial charge in [-0.05, 0) is 64.2 Å². The lowest BCUT2D eigenvalue weighted by Gasteiger charge is -2.18. The smallest absolute Gasteiger partial charge is 0.306 e. The van der Waals surface area contributed by atoms with Crippen LogP contribution >= 0.6 is 0 Å². The predicted molar refractivity (Wildman–Crippen MR) is 228 cm³/mol. The van der Waals surface area contributed by atoms with Crippen LogP contribution in [-0.2, 0) is 28.6 Å². The highest BCUT2D eigenvalue weighted by Gasteiger charge is 2.19. The van der Waals surface area contributed by atoms with Crippen molar-refractivity contribution in [2.24, 2.45) is 0 Å². The van der Waals surface area contributed by atoms with Crippen LogP contribution in [-0.4, -0.2) is 37.2 Å². The molecular weight excluding hydrogens is 673 g/mol. The molecule has 0 bridgehead atoms. The molecule has 0 saturated carbocycles. The van der Waals surface area contributed by atoms with Gasteiger partial charge in [-0.15, -0.1) is 0 Å². The monoisotopic (exact) mass is 755 g/mol. The van der Waals surface area contributed by atoms with Crippen LogP contribution in [0.4, 0.5) is 0 Å². The number of carbonyl (C=O) groups excluding carboxylic acids is 3. The van der Waals surface area contributed by atoms with E-state index in [9.17, 15) is 14.4 Å². The lowest BCUT2D eigenvalue weighted by Crippen LogP contribution is -2.30. The summed E-state index contributed by atoms with van der Waals surface area (Å²) in [6, 6.07) is 0. The number of allylic oxidation sites excluding steroid dienone is 10. The Morgan fingerprint density at radius 3 is 1.13 bits per heavy atom. The summed E-state index contributed by atoms with van der Waals surface area (Å²) in [5, 5.41) is 0. The molecule has 0 rings (SSSR count). The topological polar surface area (TPSA) is 78.9 Å². The van der Waals surface area contributed by atoms with Crippen LogP contribution < -0.4 is 0 Å². The van der Waals surface area contributed by atoms with Crippen molar-refractivity contribution in [2.45, 2.75) is 213 Å². The Morgan fingerprint density at radius 1 is 0.389 bits per heavy atom. The molecule has 0 aromatic carbocycles. The minimum Gasteiger partial charge on any atom is -0.462 e. The molecule has 0 aromatic rings. The van der Waals surface area contributed by atoms with Gasteiger partial charge in [0.15, 0.2) is 6.10 Å². The van der Waals surface area contributed by atoms with Crippen LogP contribution in [0.3, 0.4) is 0 Å².